The highest BCUT2D eigenvalue weighted by Crippen LogP contribution is 2.22. The van der Waals surface area contributed by atoms with E-state index in [1.54, 1.807) is 35.6 Å². The Morgan fingerprint density at radius 1 is 1.20 bits per heavy atom. The van der Waals surface area contributed by atoms with Crippen molar-refractivity contribution in [1.82, 2.24) is 10.2 Å². The predicted octanol–water partition coefficient (Wildman–Crippen LogP) is 2.65. The van der Waals surface area contributed by atoms with Crippen molar-refractivity contribution in [2.24, 2.45) is 0 Å². The minimum absolute atomic E-state index is 0.145. The zero-order valence-corrected chi connectivity index (χ0v) is 14.0. The lowest BCUT2D eigenvalue weighted by Gasteiger charge is -2.36. The van der Waals surface area contributed by atoms with Crippen LogP contribution in [-0.4, -0.2) is 42.9 Å². The van der Waals surface area contributed by atoms with E-state index in [9.17, 15) is 14.0 Å². The zero-order valence-electron chi connectivity index (χ0n) is 14.0. The van der Waals surface area contributed by atoms with Gasteiger partial charge in [-0.25, -0.2) is 9.18 Å². The van der Waals surface area contributed by atoms with Crippen LogP contribution >= 0.6 is 0 Å². The molecule has 6 nitrogen and oxygen atoms in total. The molecule has 1 aliphatic rings. The second kappa shape index (κ2) is 7.38. The van der Waals surface area contributed by atoms with Crippen LogP contribution < -0.4 is 10.2 Å². The minimum atomic E-state index is -0.412. The average Bonchev–Trinajstić information content (AvgIpc) is 3.13. The minimum Gasteiger partial charge on any atom is -0.472 e. The van der Waals surface area contributed by atoms with Gasteiger partial charge in [0.1, 0.15) is 5.82 Å². The Balaban J connectivity index is 1.54. The molecule has 0 unspecified atom stereocenters. The maximum Gasteiger partial charge on any atom is 0.317 e. The lowest BCUT2D eigenvalue weighted by atomic mass is 10.1. The molecule has 1 aromatic carbocycles. The molecule has 7 heteroatoms. The van der Waals surface area contributed by atoms with Crippen molar-refractivity contribution >= 4 is 17.5 Å². The van der Waals surface area contributed by atoms with Gasteiger partial charge in [-0.2, -0.15) is 0 Å². The Morgan fingerprint density at radius 3 is 2.56 bits per heavy atom. The molecular formula is C18H20FN3O3. The molecule has 0 spiro atoms. The number of hydrogen-bond donors (Lipinski definition) is 1. The molecule has 25 heavy (non-hydrogen) atoms. The van der Waals surface area contributed by atoms with E-state index < -0.39 is 5.82 Å². The predicted molar refractivity (Wildman–Crippen MR) is 91.1 cm³/mol. The first-order chi connectivity index (χ1) is 12.0. The van der Waals surface area contributed by atoms with E-state index in [0.29, 0.717) is 44.0 Å². The van der Waals surface area contributed by atoms with Crippen LogP contribution in [0.5, 0.6) is 0 Å². The van der Waals surface area contributed by atoms with Crippen LogP contribution in [0.2, 0.25) is 0 Å². The Morgan fingerprint density at radius 2 is 1.96 bits per heavy atom. The maximum absolute atomic E-state index is 14.2. The van der Waals surface area contributed by atoms with Crippen molar-refractivity contribution in [1.29, 1.82) is 0 Å². The van der Waals surface area contributed by atoms with Gasteiger partial charge in [0.2, 0.25) is 0 Å². The van der Waals surface area contributed by atoms with Gasteiger partial charge in [0.25, 0.3) is 0 Å². The fraction of sp³-hybridized carbons (Fsp3) is 0.333. The van der Waals surface area contributed by atoms with Crippen molar-refractivity contribution in [2.75, 3.05) is 31.1 Å². The molecule has 0 saturated carbocycles. The molecule has 0 atom stereocenters. The van der Waals surface area contributed by atoms with E-state index in [-0.39, 0.29) is 11.8 Å². The van der Waals surface area contributed by atoms with Crippen molar-refractivity contribution in [3.63, 3.8) is 0 Å². The molecular weight excluding hydrogens is 325 g/mol. The largest absolute Gasteiger partial charge is 0.472 e. The van der Waals surface area contributed by atoms with Gasteiger partial charge in [0, 0.05) is 43.9 Å². The highest BCUT2D eigenvalue weighted by atomic mass is 19.1. The lowest BCUT2D eigenvalue weighted by molar-refractivity contribution is 0.101. The summed E-state index contributed by atoms with van der Waals surface area (Å²) in [6.45, 7) is 3.91. The number of carbonyl (C=O) groups excluding carboxylic acids is 2. The summed E-state index contributed by atoms with van der Waals surface area (Å²) in [7, 11) is 0. The summed E-state index contributed by atoms with van der Waals surface area (Å²) >= 11 is 0. The number of ketones is 1. The number of nitrogens with zero attached hydrogens (tertiary/aromatic N) is 2. The first-order valence-electron chi connectivity index (χ1n) is 8.14. The van der Waals surface area contributed by atoms with E-state index in [2.05, 4.69) is 5.32 Å². The van der Waals surface area contributed by atoms with E-state index in [0.717, 1.165) is 5.56 Å². The molecule has 1 fully saturated rings. The molecule has 0 radical (unpaired) electrons. The van der Waals surface area contributed by atoms with Gasteiger partial charge in [-0.05, 0) is 31.2 Å². The topological polar surface area (TPSA) is 65.8 Å². The third kappa shape index (κ3) is 3.99. The molecule has 1 aliphatic heterocycles. The van der Waals surface area contributed by atoms with E-state index in [1.807, 2.05) is 4.90 Å². The van der Waals surface area contributed by atoms with E-state index in [1.165, 1.54) is 13.0 Å². The normalized spacial score (nSPS) is 14.5. The summed E-state index contributed by atoms with van der Waals surface area (Å²) in [5.41, 5.74) is 1.72. The molecule has 1 aromatic heterocycles. The number of hydrogen-bond acceptors (Lipinski definition) is 4. The van der Waals surface area contributed by atoms with Crippen LogP contribution in [0, 0.1) is 5.82 Å². The summed E-state index contributed by atoms with van der Waals surface area (Å²) in [6.07, 6.45) is 3.15. The standard InChI is InChI=1S/C18H20FN3O3/c1-13(23)15-2-3-17(16(19)10-15)21-5-7-22(8-6-21)18(24)20-11-14-4-9-25-12-14/h2-4,9-10,12H,5-8,11H2,1H3,(H,20,24). The third-order valence-corrected chi connectivity index (χ3v) is 4.29. The van der Waals surface area contributed by atoms with Crippen molar-refractivity contribution in [2.45, 2.75) is 13.5 Å². The Bertz CT molecular complexity index is 753. The highest BCUT2D eigenvalue weighted by Gasteiger charge is 2.23. The SMILES string of the molecule is CC(=O)c1ccc(N2CCN(C(=O)NCc3ccoc3)CC2)c(F)c1. The Labute approximate surface area is 145 Å². The number of anilines is 1. The molecule has 2 heterocycles. The molecule has 2 amide bonds. The summed E-state index contributed by atoms with van der Waals surface area (Å²) < 4.78 is 19.2. The van der Waals surface area contributed by atoms with Gasteiger partial charge >= 0.3 is 6.03 Å². The monoisotopic (exact) mass is 345 g/mol. The summed E-state index contributed by atoms with van der Waals surface area (Å²) in [5.74, 6) is -0.574. The second-order valence-corrected chi connectivity index (χ2v) is 5.99. The van der Waals surface area contributed by atoms with Crippen LogP contribution in [0.15, 0.2) is 41.2 Å². The molecule has 0 bridgehead atoms. The van der Waals surface area contributed by atoms with Crippen molar-refractivity contribution in [3.8, 4) is 0 Å². The molecule has 1 saturated heterocycles. The second-order valence-electron chi connectivity index (χ2n) is 5.99. The average molecular weight is 345 g/mol. The van der Waals surface area contributed by atoms with E-state index in [4.69, 9.17) is 4.42 Å². The van der Waals surface area contributed by atoms with Crippen LogP contribution in [0.1, 0.15) is 22.8 Å². The molecule has 0 aliphatic carbocycles. The molecule has 1 N–H and O–H groups in total. The van der Waals surface area contributed by atoms with Gasteiger partial charge in [-0.3, -0.25) is 4.79 Å². The number of piperazine rings is 1. The van der Waals surface area contributed by atoms with E-state index >= 15 is 0 Å². The maximum atomic E-state index is 14.2. The summed E-state index contributed by atoms with van der Waals surface area (Å²) in [5, 5.41) is 2.84. The number of benzene rings is 1. The molecule has 3 rings (SSSR count). The summed E-state index contributed by atoms with van der Waals surface area (Å²) in [4.78, 5) is 27.1. The number of nitrogens with one attached hydrogen (secondary N) is 1. The Hall–Kier alpha value is -2.83. The number of halogens is 1. The van der Waals surface area contributed by atoms with Crippen molar-refractivity contribution in [3.05, 3.63) is 53.7 Å². The van der Waals surface area contributed by atoms with Crippen molar-refractivity contribution < 1.29 is 18.4 Å². The molecule has 2 aromatic rings. The lowest BCUT2D eigenvalue weighted by Crippen LogP contribution is -2.51. The smallest absolute Gasteiger partial charge is 0.317 e. The van der Waals surface area contributed by atoms with Crippen LogP contribution in [0.4, 0.5) is 14.9 Å². The van der Waals surface area contributed by atoms with Gasteiger partial charge in [0.15, 0.2) is 5.78 Å². The number of urea groups is 1. The van der Waals surface area contributed by atoms with Crippen LogP contribution in [-0.2, 0) is 6.54 Å². The number of carbonyl (C=O) groups is 2. The fourth-order valence-electron chi connectivity index (χ4n) is 2.82. The third-order valence-electron chi connectivity index (χ3n) is 4.29. The van der Waals surface area contributed by atoms with Gasteiger partial charge < -0.3 is 19.5 Å². The first kappa shape index (κ1) is 17.0. The highest BCUT2D eigenvalue weighted by molar-refractivity contribution is 5.94. The van der Waals surface area contributed by atoms with Gasteiger partial charge in [0.05, 0.1) is 18.2 Å². The number of amides is 2. The first-order valence-corrected chi connectivity index (χ1v) is 8.14. The molecule has 132 valence electrons. The van der Waals surface area contributed by atoms with Crippen LogP contribution in [0.3, 0.4) is 0 Å². The number of rotatable bonds is 4. The fourth-order valence-corrected chi connectivity index (χ4v) is 2.82. The summed E-state index contributed by atoms with van der Waals surface area (Å²) in [6, 6.07) is 6.17. The Kier molecular flexibility index (Phi) is 5.02. The zero-order chi connectivity index (χ0) is 17.8. The number of furan rings is 1. The van der Waals surface area contributed by atoms with Gasteiger partial charge in [-0.1, -0.05) is 0 Å². The van der Waals surface area contributed by atoms with Crippen LogP contribution in [0.25, 0.3) is 0 Å². The quantitative estimate of drug-likeness (QED) is 0.865. The van der Waals surface area contributed by atoms with Gasteiger partial charge in [-0.15, -0.1) is 0 Å². The number of Topliss-reactive ketones (excluding diaryl/α,β-unsaturated/α-hetero) is 1.